The molecule has 1 amide bonds. The Hall–Kier alpha value is -3.32. The summed E-state index contributed by atoms with van der Waals surface area (Å²) in [6.07, 6.45) is 0.913. The molecule has 7 heteroatoms. The van der Waals surface area contributed by atoms with Gasteiger partial charge in [-0.05, 0) is 50.0 Å². The van der Waals surface area contributed by atoms with Gasteiger partial charge < -0.3 is 24.4 Å². The standard InChI is InChI=1S/C30H40N2O5/c1-6-31(7-2)17-18-32-27(26(29(34)30(32)35)28(33)22-12-10-9-11-13-22)23-14-15-24(25(20-23)36-8-3)37-19-16-21(4)5/h9-15,20-21,27,33H,6-8,16-19H2,1-5H3/b28-26+. The Morgan fingerprint density at radius 1 is 1.00 bits per heavy atom. The predicted octanol–water partition coefficient (Wildman–Crippen LogP) is 5.27. The Morgan fingerprint density at radius 2 is 1.70 bits per heavy atom. The lowest BCUT2D eigenvalue weighted by molar-refractivity contribution is -0.140. The highest BCUT2D eigenvalue weighted by atomic mass is 16.5. The lowest BCUT2D eigenvalue weighted by atomic mass is 9.95. The smallest absolute Gasteiger partial charge is 0.295 e. The first-order chi connectivity index (χ1) is 17.8. The molecule has 0 saturated carbocycles. The van der Waals surface area contributed by atoms with Gasteiger partial charge in [0.15, 0.2) is 11.5 Å². The Labute approximate surface area is 220 Å². The number of ketones is 1. The van der Waals surface area contributed by atoms with Crippen LogP contribution in [0.25, 0.3) is 5.76 Å². The van der Waals surface area contributed by atoms with E-state index in [4.69, 9.17) is 9.47 Å². The van der Waals surface area contributed by atoms with E-state index < -0.39 is 17.7 Å². The molecule has 0 aromatic heterocycles. The maximum absolute atomic E-state index is 13.3. The van der Waals surface area contributed by atoms with Crippen LogP contribution < -0.4 is 9.47 Å². The predicted molar refractivity (Wildman–Crippen MR) is 146 cm³/mol. The zero-order chi connectivity index (χ0) is 26.9. The molecule has 37 heavy (non-hydrogen) atoms. The van der Waals surface area contributed by atoms with Crippen molar-refractivity contribution in [1.29, 1.82) is 0 Å². The molecule has 1 aliphatic heterocycles. The quantitative estimate of drug-likeness (QED) is 0.225. The first kappa shape index (κ1) is 28.3. The summed E-state index contributed by atoms with van der Waals surface area (Å²) in [6.45, 7) is 14.0. The van der Waals surface area contributed by atoms with Crippen molar-refractivity contribution < 1.29 is 24.2 Å². The number of nitrogens with zero attached hydrogens (tertiary/aromatic N) is 2. The first-order valence-corrected chi connectivity index (χ1v) is 13.3. The van der Waals surface area contributed by atoms with Crippen LogP contribution in [0.4, 0.5) is 0 Å². The van der Waals surface area contributed by atoms with Gasteiger partial charge in [-0.25, -0.2) is 0 Å². The highest BCUT2D eigenvalue weighted by Gasteiger charge is 2.46. The number of benzene rings is 2. The van der Waals surface area contributed by atoms with Gasteiger partial charge in [0.1, 0.15) is 5.76 Å². The Bertz CT molecular complexity index is 1090. The fourth-order valence-electron chi connectivity index (χ4n) is 4.48. The fraction of sp³-hybridized carbons (Fsp3) is 0.467. The third-order valence-electron chi connectivity index (χ3n) is 6.67. The topological polar surface area (TPSA) is 79.3 Å². The second-order valence-corrected chi connectivity index (χ2v) is 9.56. The number of ether oxygens (including phenoxy) is 2. The van der Waals surface area contributed by atoms with E-state index in [2.05, 4.69) is 32.6 Å². The van der Waals surface area contributed by atoms with Crippen LogP contribution in [-0.2, 0) is 9.59 Å². The maximum Gasteiger partial charge on any atom is 0.295 e. The van der Waals surface area contributed by atoms with Gasteiger partial charge in [-0.3, -0.25) is 9.59 Å². The Balaban J connectivity index is 2.08. The molecular weight excluding hydrogens is 468 g/mol. The molecule has 0 spiro atoms. The number of carbonyl (C=O) groups excluding carboxylic acids is 2. The highest BCUT2D eigenvalue weighted by molar-refractivity contribution is 6.46. The van der Waals surface area contributed by atoms with Gasteiger partial charge in [-0.1, -0.05) is 64.1 Å². The van der Waals surface area contributed by atoms with Crippen molar-refractivity contribution >= 4 is 17.4 Å². The molecule has 1 atom stereocenters. The number of hydrogen-bond donors (Lipinski definition) is 1. The van der Waals surface area contributed by atoms with Gasteiger partial charge in [-0.15, -0.1) is 0 Å². The number of hydrogen-bond acceptors (Lipinski definition) is 6. The van der Waals surface area contributed by atoms with Crippen LogP contribution >= 0.6 is 0 Å². The lowest BCUT2D eigenvalue weighted by Gasteiger charge is -2.28. The van der Waals surface area contributed by atoms with E-state index in [1.54, 1.807) is 29.2 Å². The Kier molecular flexibility index (Phi) is 10.1. The molecule has 0 radical (unpaired) electrons. The Morgan fingerprint density at radius 3 is 2.32 bits per heavy atom. The zero-order valence-corrected chi connectivity index (χ0v) is 22.7. The minimum atomic E-state index is -0.736. The number of rotatable bonds is 13. The number of likely N-dealkylation sites (tertiary alicyclic amines) is 1. The van der Waals surface area contributed by atoms with Crippen molar-refractivity contribution in [1.82, 2.24) is 9.80 Å². The number of Topliss-reactive ketones (excluding diaryl/α,β-unsaturated/α-hetero) is 1. The van der Waals surface area contributed by atoms with Gasteiger partial charge in [0.05, 0.1) is 24.8 Å². The zero-order valence-electron chi connectivity index (χ0n) is 22.7. The molecule has 200 valence electrons. The number of aliphatic hydroxyl groups is 1. The summed E-state index contributed by atoms with van der Waals surface area (Å²) < 4.78 is 11.9. The molecule has 0 aliphatic carbocycles. The molecule has 1 unspecified atom stereocenters. The fourth-order valence-corrected chi connectivity index (χ4v) is 4.48. The summed E-state index contributed by atoms with van der Waals surface area (Å²) >= 11 is 0. The largest absolute Gasteiger partial charge is 0.507 e. The number of carbonyl (C=O) groups is 2. The third kappa shape index (κ3) is 6.72. The van der Waals surface area contributed by atoms with E-state index in [1.807, 2.05) is 31.2 Å². The van der Waals surface area contributed by atoms with Gasteiger partial charge in [-0.2, -0.15) is 0 Å². The van der Waals surface area contributed by atoms with Crippen molar-refractivity contribution in [2.45, 2.75) is 47.1 Å². The third-order valence-corrected chi connectivity index (χ3v) is 6.67. The van der Waals surface area contributed by atoms with E-state index in [-0.39, 0.29) is 11.3 Å². The summed E-state index contributed by atoms with van der Waals surface area (Å²) in [4.78, 5) is 30.3. The number of likely N-dealkylation sites (N-methyl/N-ethyl adjacent to an activating group) is 1. The van der Waals surface area contributed by atoms with E-state index in [9.17, 15) is 14.7 Å². The second kappa shape index (κ2) is 13.3. The molecule has 1 heterocycles. The van der Waals surface area contributed by atoms with E-state index in [1.165, 1.54) is 0 Å². The molecule has 2 aromatic rings. The monoisotopic (exact) mass is 508 g/mol. The molecular formula is C30H40N2O5. The number of aliphatic hydroxyl groups excluding tert-OH is 1. The summed E-state index contributed by atoms with van der Waals surface area (Å²) in [6, 6.07) is 13.6. The normalized spacial score (nSPS) is 17.2. The van der Waals surface area contributed by atoms with Crippen LogP contribution in [0.2, 0.25) is 0 Å². The van der Waals surface area contributed by atoms with E-state index in [0.717, 1.165) is 19.5 Å². The van der Waals surface area contributed by atoms with Crippen molar-refractivity contribution in [3.8, 4) is 11.5 Å². The van der Waals surface area contributed by atoms with Crippen molar-refractivity contribution in [3.63, 3.8) is 0 Å². The minimum Gasteiger partial charge on any atom is -0.507 e. The average molecular weight is 509 g/mol. The van der Waals surface area contributed by atoms with Crippen LogP contribution in [-0.4, -0.2) is 66.0 Å². The van der Waals surface area contributed by atoms with Gasteiger partial charge >= 0.3 is 0 Å². The maximum atomic E-state index is 13.3. The molecule has 1 saturated heterocycles. The summed E-state index contributed by atoms with van der Waals surface area (Å²) in [7, 11) is 0. The van der Waals surface area contributed by atoms with Crippen molar-refractivity contribution in [3.05, 3.63) is 65.2 Å². The van der Waals surface area contributed by atoms with Gasteiger partial charge in [0.25, 0.3) is 11.7 Å². The SMILES string of the molecule is CCOc1cc(C2/C(=C(\O)c3ccccc3)C(=O)C(=O)N2CCN(CC)CC)ccc1OCCC(C)C. The lowest BCUT2D eigenvalue weighted by Crippen LogP contribution is -2.38. The molecule has 1 fully saturated rings. The highest BCUT2D eigenvalue weighted by Crippen LogP contribution is 2.42. The van der Waals surface area contributed by atoms with E-state index in [0.29, 0.717) is 54.8 Å². The van der Waals surface area contributed by atoms with Gasteiger partial charge in [0.2, 0.25) is 0 Å². The summed E-state index contributed by atoms with van der Waals surface area (Å²) in [5.41, 5.74) is 1.27. The van der Waals surface area contributed by atoms with E-state index >= 15 is 0 Å². The number of amides is 1. The minimum absolute atomic E-state index is 0.0895. The molecule has 2 aromatic carbocycles. The molecule has 3 rings (SSSR count). The van der Waals surface area contributed by atoms with Crippen LogP contribution in [0.1, 0.15) is 58.2 Å². The first-order valence-electron chi connectivity index (χ1n) is 13.3. The molecule has 1 aliphatic rings. The summed E-state index contributed by atoms with van der Waals surface area (Å²) in [5.74, 6) is 0.223. The molecule has 1 N–H and O–H groups in total. The van der Waals surface area contributed by atoms with Gasteiger partial charge in [0, 0.05) is 18.7 Å². The second-order valence-electron chi connectivity index (χ2n) is 9.56. The van der Waals surface area contributed by atoms with Crippen molar-refractivity contribution in [2.24, 2.45) is 5.92 Å². The van der Waals surface area contributed by atoms with Crippen LogP contribution in [0, 0.1) is 5.92 Å². The average Bonchev–Trinajstić information content (AvgIpc) is 3.15. The van der Waals surface area contributed by atoms with Crippen LogP contribution in [0.5, 0.6) is 11.5 Å². The summed E-state index contributed by atoms with van der Waals surface area (Å²) in [5, 5.41) is 11.2. The van der Waals surface area contributed by atoms with Crippen LogP contribution in [0.3, 0.4) is 0 Å². The molecule has 7 nitrogen and oxygen atoms in total. The van der Waals surface area contributed by atoms with Crippen LogP contribution in [0.15, 0.2) is 54.1 Å². The molecule has 0 bridgehead atoms. The van der Waals surface area contributed by atoms with Crippen molar-refractivity contribution in [2.75, 3.05) is 39.4 Å².